The number of nitrogens with zero attached hydrogens (tertiary/aromatic N) is 2. The summed E-state index contributed by atoms with van der Waals surface area (Å²) in [6.07, 6.45) is 0. The lowest BCUT2D eigenvalue weighted by atomic mass is 9.99. The van der Waals surface area contributed by atoms with Gasteiger partial charge in [0.05, 0.1) is 11.4 Å². The zero-order valence-corrected chi connectivity index (χ0v) is 13.5. The second-order valence-electron chi connectivity index (χ2n) is 4.93. The Hall–Kier alpha value is -1.13. The highest BCUT2D eigenvalue weighted by Crippen LogP contribution is 2.25. The fraction of sp³-hybridized carbons (Fsp3) is 0.400. The van der Waals surface area contributed by atoms with Crippen molar-refractivity contribution in [1.29, 1.82) is 0 Å². The molecule has 2 aromatic rings. The minimum atomic E-state index is 0.464. The number of likely N-dealkylation sites (N-methyl/N-ethyl adjacent to an activating group) is 1. The van der Waals surface area contributed by atoms with Gasteiger partial charge in [0, 0.05) is 22.3 Å². The van der Waals surface area contributed by atoms with Crippen molar-refractivity contribution in [2.24, 2.45) is 0 Å². The molecule has 1 atom stereocenters. The van der Waals surface area contributed by atoms with Gasteiger partial charge in [-0.3, -0.25) is 0 Å². The van der Waals surface area contributed by atoms with Crippen LogP contribution in [0.1, 0.15) is 29.8 Å². The molecule has 2 rings (SSSR count). The SMILES string of the molecule is CNCC(C)c1c(C)nn(-c2cccc(Br)c2)c1C. The Kier molecular flexibility index (Phi) is 4.42. The second kappa shape index (κ2) is 5.88. The molecule has 1 heterocycles. The van der Waals surface area contributed by atoms with Crippen molar-refractivity contribution in [1.82, 2.24) is 15.1 Å². The van der Waals surface area contributed by atoms with Gasteiger partial charge in [-0.25, -0.2) is 4.68 Å². The second-order valence-corrected chi connectivity index (χ2v) is 5.85. The van der Waals surface area contributed by atoms with E-state index in [1.165, 1.54) is 11.3 Å². The lowest BCUT2D eigenvalue weighted by Crippen LogP contribution is -2.15. The van der Waals surface area contributed by atoms with Crippen LogP contribution in [0.4, 0.5) is 0 Å². The third-order valence-corrected chi connectivity index (χ3v) is 3.90. The minimum absolute atomic E-state index is 0.464. The Morgan fingerprint density at radius 2 is 2.11 bits per heavy atom. The molecule has 0 aliphatic rings. The molecular weight excluding hydrogens is 302 g/mol. The van der Waals surface area contributed by atoms with Crippen LogP contribution in [0.3, 0.4) is 0 Å². The van der Waals surface area contributed by atoms with Crippen LogP contribution in [0.15, 0.2) is 28.7 Å². The summed E-state index contributed by atoms with van der Waals surface area (Å²) < 4.78 is 3.10. The Labute approximate surface area is 123 Å². The smallest absolute Gasteiger partial charge is 0.0660 e. The monoisotopic (exact) mass is 321 g/mol. The van der Waals surface area contributed by atoms with Crippen molar-refractivity contribution >= 4 is 15.9 Å². The molecule has 1 aromatic carbocycles. The molecule has 3 nitrogen and oxygen atoms in total. The van der Waals surface area contributed by atoms with Crippen LogP contribution >= 0.6 is 15.9 Å². The Morgan fingerprint density at radius 3 is 2.74 bits per heavy atom. The fourth-order valence-corrected chi connectivity index (χ4v) is 3.02. The third kappa shape index (κ3) is 2.90. The summed E-state index contributed by atoms with van der Waals surface area (Å²) in [5, 5.41) is 7.93. The molecule has 0 bridgehead atoms. The average Bonchev–Trinajstić information content (AvgIpc) is 2.65. The predicted octanol–water partition coefficient (Wildman–Crippen LogP) is 3.57. The Balaban J connectivity index is 2.47. The van der Waals surface area contributed by atoms with Gasteiger partial charge in [0.1, 0.15) is 0 Å². The lowest BCUT2D eigenvalue weighted by Gasteiger charge is -2.12. The molecule has 0 radical (unpaired) electrons. The molecular formula is C15H20BrN3. The van der Waals surface area contributed by atoms with Crippen LogP contribution in [0.25, 0.3) is 5.69 Å². The zero-order chi connectivity index (χ0) is 14.0. The van der Waals surface area contributed by atoms with Crippen LogP contribution in [0, 0.1) is 13.8 Å². The standard InChI is InChI=1S/C15H20BrN3/c1-10(9-17-4)15-11(2)18-19(12(15)3)14-7-5-6-13(16)8-14/h5-8,10,17H,9H2,1-4H3. The predicted molar refractivity (Wildman–Crippen MR) is 83.1 cm³/mol. The molecule has 1 unspecified atom stereocenters. The number of hydrogen-bond acceptors (Lipinski definition) is 2. The Bertz CT molecular complexity index is 575. The van der Waals surface area contributed by atoms with Gasteiger partial charge < -0.3 is 5.32 Å². The van der Waals surface area contributed by atoms with Crippen molar-refractivity contribution in [2.45, 2.75) is 26.7 Å². The van der Waals surface area contributed by atoms with Gasteiger partial charge in [-0.15, -0.1) is 0 Å². The normalized spacial score (nSPS) is 12.7. The average molecular weight is 322 g/mol. The van der Waals surface area contributed by atoms with Crippen molar-refractivity contribution < 1.29 is 0 Å². The van der Waals surface area contributed by atoms with Crippen LogP contribution in [0.5, 0.6) is 0 Å². The molecule has 4 heteroatoms. The number of aromatic nitrogens is 2. The molecule has 0 saturated carbocycles. The van der Waals surface area contributed by atoms with Crippen molar-refractivity contribution in [3.05, 3.63) is 45.7 Å². The largest absolute Gasteiger partial charge is 0.319 e. The third-order valence-electron chi connectivity index (χ3n) is 3.40. The van der Waals surface area contributed by atoms with Gasteiger partial charge in [-0.05, 0) is 45.0 Å². The molecule has 0 aliphatic carbocycles. The van der Waals surface area contributed by atoms with E-state index in [1.54, 1.807) is 0 Å². The van der Waals surface area contributed by atoms with Gasteiger partial charge in [0.15, 0.2) is 0 Å². The van der Waals surface area contributed by atoms with Crippen LogP contribution in [0.2, 0.25) is 0 Å². The van der Waals surface area contributed by atoms with E-state index in [1.807, 2.05) is 23.9 Å². The summed E-state index contributed by atoms with van der Waals surface area (Å²) in [5.74, 6) is 0.464. The molecule has 0 spiro atoms. The maximum absolute atomic E-state index is 4.69. The quantitative estimate of drug-likeness (QED) is 0.932. The first kappa shape index (κ1) is 14.3. The highest BCUT2D eigenvalue weighted by Gasteiger charge is 2.17. The van der Waals surface area contributed by atoms with Gasteiger partial charge in [0.25, 0.3) is 0 Å². The van der Waals surface area contributed by atoms with Crippen LogP contribution < -0.4 is 5.32 Å². The first-order chi connectivity index (χ1) is 9.04. The van der Waals surface area contributed by atoms with Crippen LogP contribution in [-0.4, -0.2) is 23.4 Å². The van der Waals surface area contributed by atoms with E-state index in [4.69, 9.17) is 5.10 Å². The minimum Gasteiger partial charge on any atom is -0.319 e. The van der Waals surface area contributed by atoms with Gasteiger partial charge in [-0.1, -0.05) is 28.9 Å². The Morgan fingerprint density at radius 1 is 1.37 bits per heavy atom. The first-order valence-electron chi connectivity index (χ1n) is 6.51. The van der Waals surface area contributed by atoms with Crippen molar-refractivity contribution in [3.63, 3.8) is 0 Å². The molecule has 0 amide bonds. The van der Waals surface area contributed by atoms with E-state index in [2.05, 4.69) is 54.2 Å². The summed E-state index contributed by atoms with van der Waals surface area (Å²) in [4.78, 5) is 0. The summed E-state index contributed by atoms with van der Waals surface area (Å²) >= 11 is 3.51. The zero-order valence-electron chi connectivity index (χ0n) is 11.9. The maximum Gasteiger partial charge on any atom is 0.0660 e. The van der Waals surface area contributed by atoms with E-state index in [9.17, 15) is 0 Å². The van der Waals surface area contributed by atoms with E-state index >= 15 is 0 Å². The number of aryl methyl sites for hydroxylation is 1. The number of rotatable bonds is 4. The summed E-state index contributed by atoms with van der Waals surface area (Å²) in [6, 6.07) is 8.23. The molecule has 1 aromatic heterocycles. The summed E-state index contributed by atoms with van der Waals surface area (Å²) in [7, 11) is 1.99. The van der Waals surface area contributed by atoms with Gasteiger partial charge in [-0.2, -0.15) is 5.10 Å². The van der Waals surface area contributed by atoms with E-state index < -0.39 is 0 Å². The number of benzene rings is 1. The summed E-state index contributed by atoms with van der Waals surface area (Å²) in [5.41, 5.74) is 4.77. The summed E-state index contributed by atoms with van der Waals surface area (Å²) in [6.45, 7) is 7.43. The van der Waals surface area contributed by atoms with Gasteiger partial charge >= 0.3 is 0 Å². The van der Waals surface area contributed by atoms with Crippen LogP contribution in [-0.2, 0) is 0 Å². The fourth-order valence-electron chi connectivity index (χ4n) is 2.64. The molecule has 0 aliphatic heterocycles. The van der Waals surface area contributed by atoms with E-state index in [-0.39, 0.29) is 0 Å². The number of hydrogen-bond donors (Lipinski definition) is 1. The molecule has 0 fully saturated rings. The molecule has 0 saturated heterocycles. The number of nitrogens with one attached hydrogen (secondary N) is 1. The van der Waals surface area contributed by atoms with E-state index in [0.717, 1.165) is 22.4 Å². The van der Waals surface area contributed by atoms with Crippen molar-refractivity contribution in [2.75, 3.05) is 13.6 Å². The van der Waals surface area contributed by atoms with E-state index in [0.29, 0.717) is 5.92 Å². The molecule has 1 N–H and O–H groups in total. The topological polar surface area (TPSA) is 29.9 Å². The lowest BCUT2D eigenvalue weighted by molar-refractivity contribution is 0.670. The maximum atomic E-state index is 4.69. The van der Waals surface area contributed by atoms with Crippen molar-refractivity contribution in [3.8, 4) is 5.69 Å². The first-order valence-corrected chi connectivity index (χ1v) is 7.30. The van der Waals surface area contributed by atoms with Gasteiger partial charge in [0.2, 0.25) is 0 Å². The molecule has 102 valence electrons. The molecule has 19 heavy (non-hydrogen) atoms. The highest BCUT2D eigenvalue weighted by atomic mass is 79.9. The number of halogens is 1. The highest BCUT2D eigenvalue weighted by molar-refractivity contribution is 9.10.